The number of rotatable bonds is 1. The van der Waals surface area contributed by atoms with Gasteiger partial charge < -0.3 is 5.73 Å². The van der Waals surface area contributed by atoms with Gasteiger partial charge in [-0.1, -0.05) is 0 Å². The second kappa shape index (κ2) is 3.77. The molecule has 5 heteroatoms. The molecule has 16 heavy (non-hydrogen) atoms. The molecule has 0 spiro atoms. The molecule has 2 rings (SSSR count). The molecular weight excluding hydrogens is 209 g/mol. The van der Waals surface area contributed by atoms with Gasteiger partial charge in [-0.05, 0) is 30.3 Å². The minimum absolute atomic E-state index is 0.122. The Morgan fingerprint density at radius 3 is 2.50 bits per heavy atom. The van der Waals surface area contributed by atoms with E-state index in [0.717, 1.165) is 4.68 Å². The van der Waals surface area contributed by atoms with Crippen molar-refractivity contribution in [2.45, 2.75) is 0 Å². The van der Waals surface area contributed by atoms with Gasteiger partial charge in [0, 0.05) is 12.6 Å². The highest BCUT2D eigenvalue weighted by Crippen LogP contribution is 2.17. The maximum atomic E-state index is 12.7. The molecule has 82 valence electrons. The largest absolute Gasteiger partial charge is 0.394 e. The van der Waals surface area contributed by atoms with Crippen LogP contribution in [0.1, 0.15) is 0 Å². The second-order valence-corrected chi connectivity index (χ2v) is 3.42. The smallest absolute Gasteiger partial charge is 0.289 e. The molecule has 1 heterocycles. The van der Waals surface area contributed by atoms with Crippen LogP contribution in [0.2, 0.25) is 0 Å². The van der Waals surface area contributed by atoms with Crippen molar-refractivity contribution in [1.82, 2.24) is 9.78 Å². The maximum Gasteiger partial charge on any atom is 0.289 e. The van der Waals surface area contributed by atoms with E-state index in [2.05, 4.69) is 5.10 Å². The first-order valence-electron chi connectivity index (χ1n) is 4.67. The zero-order valence-corrected chi connectivity index (χ0v) is 8.64. The fraction of sp³-hybridized carbons (Fsp3) is 0.0909. The van der Waals surface area contributed by atoms with Crippen LogP contribution in [0, 0.1) is 5.82 Å². The number of aryl methyl sites for hydroxylation is 1. The van der Waals surface area contributed by atoms with E-state index in [1.807, 2.05) is 0 Å². The molecule has 0 amide bonds. The van der Waals surface area contributed by atoms with Crippen LogP contribution in [0.15, 0.2) is 35.1 Å². The number of benzene rings is 1. The number of hydrogen-bond acceptors (Lipinski definition) is 3. The molecule has 1 aromatic carbocycles. The Bertz CT molecular complexity index is 549. The summed E-state index contributed by atoms with van der Waals surface area (Å²) in [6.45, 7) is 0. The monoisotopic (exact) mass is 219 g/mol. The minimum atomic E-state index is -0.342. The van der Waals surface area contributed by atoms with Crippen molar-refractivity contribution >= 4 is 5.69 Å². The molecule has 0 bridgehead atoms. The Morgan fingerprint density at radius 2 is 1.94 bits per heavy atom. The second-order valence-electron chi connectivity index (χ2n) is 3.42. The van der Waals surface area contributed by atoms with Crippen LogP contribution < -0.4 is 11.3 Å². The summed E-state index contributed by atoms with van der Waals surface area (Å²) in [4.78, 5) is 11.3. The van der Waals surface area contributed by atoms with Gasteiger partial charge >= 0.3 is 0 Å². The molecular formula is C11H10FN3O. The average molecular weight is 219 g/mol. The lowest BCUT2D eigenvalue weighted by molar-refractivity contribution is 0.628. The Kier molecular flexibility index (Phi) is 2.44. The van der Waals surface area contributed by atoms with Crippen LogP contribution in [0.25, 0.3) is 11.3 Å². The highest BCUT2D eigenvalue weighted by molar-refractivity contribution is 5.61. The Labute approximate surface area is 91.1 Å². The molecule has 0 saturated carbocycles. The number of nitrogens with zero attached hydrogens (tertiary/aromatic N) is 2. The van der Waals surface area contributed by atoms with Crippen molar-refractivity contribution < 1.29 is 4.39 Å². The van der Waals surface area contributed by atoms with Gasteiger partial charge in [-0.2, -0.15) is 5.10 Å². The zero-order valence-electron chi connectivity index (χ0n) is 8.64. The predicted octanol–water partition coefficient (Wildman–Crippen LogP) is 1.17. The third kappa shape index (κ3) is 1.79. The first kappa shape index (κ1) is 10.4. The summed E-state index contributed by atoms with van der Waals surface area (Å²) in [5.74, 6) is -0.318. The van der Waals surface area contributed by atoms with E-state index in [4.69, 9.17) is 5.73 Å². The quantitative estimate of drug-likeness (QED) is 0.783. The van der Waals surface area contributed by atoms with Crippen molar-refractivity contribution in [3.63, 3.8) is 0 Å². The van der Waals surface area contributed by atoms with E-state index >= 15 is 0 Å². The molecule has 0 saturated heterocycles. The Hall–Kier alpha value is -2.17. The summed E-state index contributed by atoms with van der Waals surface area (Å²) < 4.78 is 13.9. The van der Waals surface area contributed by atoms with Gasteiger partial charge in [-0.25, -0.2) is 9.07 Å². The summed E-state index contributed by atoms with van der Waals surface area (Å²) in [7, 11) is 1.52. The molecule has 0 fully saturated rings. The standard InChI is InChI=1S/C11H10FN3O/c1-15-11(16)9(13)6-10(14-15)7-2-4-8(12)5-3-7/h2-6H,13H2,1H3. The fourth-order valence-electron chi connectivity index (χ4n) is 1.39. The fourth-order valence-corrected chi connectivity index (χ4v) is 1.39. The van der Waals surface area contributed by atoms with E-state index in [-0.39, 0.29) is 17.1 Å². The molecule has 0 aliphatic rings. The topological polar surface area (TPSA) is 60.9 Å². The molecule has 4 nitrogen and oxygen atoms in total. The zero-order chi connectivity index (χ0) is 11.7. The number of halogens is 1. The lowest BCUT2D eigenvalue weighted by Gasteiger charge is -2.04. The highest BCUT2D eigenvalue weighted by Gasteiger charge is 2.05. The van der Waals surface area contributed by atoms with Crippen LogP contribution in [-0.4, -0.2) is 9.78 Å². The van der Waals surface area contributed by atoms with Crippen LogP contribution in [0.5, 0.6) is 0 Å². The molecule has 1 aromatic heterocycles. The van der Waals surface area contributed by atoms with Crippen molar-refractivity contribution in [2.24, 2.45) is 7.05 Å². The first-order valence-corrected chi connectivity index (χ1v) is 4.67. The molecule has 0 unspecified atom stereocenters. The summed E-state index contributed by atoms with van der Waals surface area (Å²) in [6, 6.07) is 7.31. The highest BCUT2D eigenvalue weighted by atomic mass is 19.1. The maximum absolute atomic E-state index is 12.7. The van der Waals surface area contributed by atoms with Crippen LogP contribution in [0.4, 0.5) is 10.1 Å². The van der Waals surface area contributed by atoms with Gasteiger partial charge in [0.2, 0.25) is 0 Å². The Morgan fingerprint density at radius 1 is 1.31 bits per heavy atom. The van der Waals surface area contributed by atoms with Crippen LogP contribution in [-0.2, 0) is 7.05 Å². The SMILES string of the molecule is Cn1nc(-c2ccc(F)cc2)cc(N)c1=O. The van der Waals surface area contributed by atoms with E-state index in [1.54, 1.807) is 12.1 Å². The lowest BCUT2D eigenvalue weighted by atomic mass is 10.1. The number of nitrogen functional groups attached to an aromatic ring is 1. The molecule has 0 aliphatic heterocycles. The molecule has 2 N–H and O–H groups in total. The van der Waals surface area contributed by atoms with Crippen molar-refractivity contribution in [3.05, 3.63) is 46.5 Å². The average Bonchev–Trinajstić information content (AvgIpc) is 2.26. The number of anilines is 1. The number of hydrogen-bond donors (Lipinski definition) is 1. The molecule has 0 aliphatic carbocycles. The van der Waals surface area contributed by atoms with Crippen LogP contribution >= 0.6 is 0 Å². The van der Waals surface area contributed by atoms with E-state index in [1.165, 1.54) is 25.2 Å². The summed E-state index contributed by atoms with van der Waals surface area (Å²) in [5.41, 5.74) is 6.57. The van der Waals surface area contributed by atoms with Gasteiger partial charge in [0.25, 0.3) is 5.56 Å². The van der Waals surface area contributed by atoms with Gasteiger partial charge in [0.1, 0.15) is 11.5 Å². The normalized spacial score (nSPS) is 10.4. The van der Waals surface area contributed by atoms with E-state index < -0.39 is 0 Å². The lowest BCUT2D eigenvalue weighted by Crippen LogP contribution is -2.22. The van der Waals surface area contributed by atoms with Crippen molar-refractivity contribution in [3.8, 4) is 11.3 Å². The van der Waals surface area contributed by atoms with Crippen molar-refractivity contribution in [2.75, 3.05) is 5.73 Å². The summed E-state index contributed by atoms with van der Waals surface area (Å²) in [6.07, 6.45) is 0. The van der Waals surface area contributed by atoms with Gasteiger partial charge in [0.15, 0.2) is 0 Å². The molecule has 2 aromatic rings. The van der Waals surface area contributed by atoms with E-state index in [9.17, 15) is 9.18 Å². The molecule has 0 radical (unpaired) electrons. The summed E-state index contributed by atoms with van der Waals surface area (Å²) in [5, 5.41) is 4.04. The third-order valence-corrected chi connectivity index (χ3v) is 2.23. The number of nitrogens with two attached hydrogens (primary N) is 1. The minimum Gasteiger partial charge on any atom is -0.394 e. The van der Waals surface area contributed by atoms with Crippen LogP contribution in [0.3, 0.4) is 0 Å². The number of aromatic nitrogens is 2. The predicted molar refractivity (Wildman–Crippen MR) is 59.3 cm³/mol. The Balaban J connectivity index is 2.57. The third-order valence-electron chi connectivity index (χ3n) is 2.23. The molecule has 0 atom stereocenters. The van der Waals surface area contributed by atoms with E-state index in [0.29, 0.717) is 11.3 Å². The first-order chi connectivity index (χ1) is 7.58. The van der Waals surface area contributed by atoms with Gasteiger partial charge in [0.05, 0.1) is 5.69 Å². The van der Waals surface area contributed by atoms with Gasteiger partial charge in [-0.3, -0.25) is 4.79 Å². The van der Waals surface area contributed by atoms with Gasteiger partial charge in [-0.15, -0.1) is 0 Å². The van der Waals surface area contributed by atoms with Crippen molar-refractivity contribution in [1.29, 1.82) is 0 Å². The summed E-state index contributed by atoms with van der Waals surface area (Å²) >= 11 is 0.